The first-order valence-corrected chi connectivity index (χ1v) is 9.52. The zero-order valence-electron chi connectivity index (χ0n) is 17.0. The molecule has 0 saturated carbocycles. The maximum Gasteiger partial charge on any atom is 0.390 e. The van der Waals surface area contributed by atoms with Crippen LogP contribution in [0.4, 0.5) is 13.2 Å². The lowest BCUT2D eigenvalue weighted by Gasteiger charge is -2.36. The molecule has 0 aliphatic heterocycles. The molecule has 0 fully saturated rings. The summed E-state index contributed by atoms with van der Waals surface area (Å²) in [5.41, 5.74) is 6.33. The number of Topliss-reactive ketones (excluding diaryl/α,β-unsaturated/α-hetero) is 1. The minimum Gasteiger partial charge on any atom is -0.466 e. The number of carbonyl (C=O) groups is 2. The van der Waals surface area contributed by atoms with Gasteiger partial charge >= 0.3 is 12.1 Å². The summed E-state index contributed by atoms with van der Waals surface area (Å²) in [6.45, 7) is 6.84. The summed E-state index contributed by atoms with van der Waals surface area (Å²) in [6.07, 6.45) is -3.09. The number of ketones is 1. The van der Waals surface area contributed by atoms with Gasteiger partial charge in [0, 0.05) is 16.8 Å². The van der Waals surface area contributed by atoms with E-state index < -0.39 is 36.2 Å². The molecule has 162 valence electrons. The van der Waals surface area contributed by atoms with E-state index in [1.54, 1.807) is 38.1 Å². The van der Waals surface area contributed by atoms with Crippen LogP contribution in [-0.4, -0.2) is 31.3 Å². The third kappa shape index (κ3) is 5.58. The highest BCUT2D eigenvalue weighted by molar-refractivity contribution is 6.04. The summed E-state index contributed by atoms with van der Waals surface area (Å²) >= 11 is 0. The maximum absolute atomic E-state index is 13.3. The first kappa shape index (κ1) is 23.4. The van der Waals surface area contributed by atoms with Crippen LogP contribution in [-0.2, 0) is 16.0 Å². The van der Waals surface area contributed by atoms with Crippen LogP contribution in [0.5, 0.6) is 0 Å². The fourth-order valence-electron chi connectivity index (χ4n) is 3.68. The number of benzene rings is 1. The summed E-state index contributed by atoms with van der Waals surface area (Å²) in [6, 6.07) is 4.81. The number of halogens is 3. The number of aryl methyl sites for hydroxylation is 1. The molecule has 2 rings (SSSR count). The molecule has 8 heteroatoms. The van der Waals surface area contributed by atoms with Crippen LogP contribution < -0.4 is 5.73 Å². The number of esters is 1. The smallest absolute Gasteiger partial charge is 0.390 e. The Hall–Kier alpha value is -2.90. The quantitative estimate of drug-likeness (QED) is 0.395. The monoisotopic (exact) mass is 422 g/mol. The summed E-state index contributed by atoms with van der Waals surface area (Å²) in [5, 5.41) is 0. The molecule has 0 spiro atoms. The van der Waals surface area contributed by atoms with Gasteiger partial charge in [-0.2, -0.15) is 13.2 Å². The van der Waals surface area contributed by atoms with Gasteiger partial charge in [-0.25, -0.2) is 0 Å². The first-order valence-electron chi connectivity index (χ1n) is 9.52. The van der Waals surface area contributed by atoms with Crippen LogP contribution in [0, 0.1) is 5.41 Å². The second kappa shape index (κ2) is 9.28. The fraction of sp³-hybridized carbons (Fsp3) is 0.409. The summed E-state index contributed by atoms with van der Waals surface area (Å²) < 4.78 is 44.7. The van der Waals surface area contributed by atoms with E-state index in [-0.39, 0.29) is 25.0 Å². The Bertz CT molecular complexity index is 899. The number of carbonyl (C=O) groups excluding carboxylic acids is 2. The number of allylic oxidation sites excluding steroid dienone is 3. The molecule has 2 N–H and O–H groups in total. The van der Waals surface area contributed by atoms with Crippen LogP contribution in [0.2, 0.25) is 0 Å². The van der Waals surface area contributed by atoms with E-state index in [2.05, 4.69) is 11.7 Å². The Balaban J connectivity index is 2.45. The van der Waals surface area contributed by atoms with Crippen molar-refractivity contribution < 1.29 is 27.5 Å². The molecule has 30 heavy (non-hydrogen) atoms. The minimum absolute atomic E-state index is 0.0372. The second-order valence-electron chi connectivity index (χ2n) is 7.38. The average molecular weight is 422 g/mol. The molecule has 1 aliphatic rings. The van der Waals surface area contributed by atoms with Gasteiger partial charge < -0.3 is 10.5 Å². The van der Waals surface area contributed by atoms with Crippen molar-refractivity contribution in [2.45, 2.75) is 45.7 Å². The predicted octanol–water partition coefficient (Wildman–Crippen LogP) is 4.61. The van der Waals surface area contributed by atoms with Gasteiger partial charge in [0.1, 0.15) is 0 Å². The first-order chi connectivity index (χ1) is 14.0. The normalized spacial score (nSPS) is 20.0. The molecular formula is C22H25F3N2O3. The van der Waals surface area contributed by atoms with Crippen molar-refractivity contribution in [1.82, 2.24) is 0 Å². The van der Waals surface area contributed by atoms with Crippen molar-refractivity contribution in [2.24, 2.45) is 16.1 Å². The van der Waals surface area contributed by atoms with E-state index in [1.807, 2.05) is 0 Å². The number of alkyl halides is 3. The van der Waals surface area contributed by atoms with Gasteiger partial charge in [0.15, 0.2) is 5.78 Å². The molecule has 0 amide bonds. The van der Waals surface area contributed by atoms with E-state index in [9.17, 15) is 22.8 Å². The summed E-state index contributed by atoms with van der Waals surface area (Å²) in [4.78, 5) is 29.1. The SMILES string of the molecule is C=N/C(=C\C=C(/C)N)c1ccc2c(c1)CCC(CC(=O)OCC)(CC(F)(F)F)C2=O. The van der Waals surface area contributed by atoms with E-state index in [0.29, 0.717) is 22.5 Å². The Kier molecular flexibility index (Phi) is 7.23. The van der Waals surface area contributed by atoms with Crippen molar-refractivity contribution in [3.63, 3.8) is 0 Å². The molecule has 5 nitrogen and oxygen atoms in total. The highest BCUT2D eigenvalue weighted by Crippen LogP contribution is 2.46. The second-order valence-corrected chi connectivity index (χ2v) is 7.38. The molecule has 0 radical (unpaired) electrons. The highest BCUT2D eigenvalue weighted by Gasteiger charge is 2.51. The maximum atomic E-state index is 13.3. The van der Waals surface area contributed by atoms with Gasteiger partial charge in [0.25, 0.3) is 0 Å². The van der Waals surface area contributed by atoms with Gasteiger partial charge in [-0.1, -0.05) is 12.1 Å². The van der Waals surface area contributed by atoms with Crippen LogP contribution in [0.25, 0.3) is 5.70 Å². The van der Waals surface area contributed by atoms with E-state index in [0.717, 1.165) is 0 Å². The number of ether oxygens (including phenoxy) is 1. The molecule has 0 bridgehead atoms. The number of fused-ring (bicyclic) bond motifs is 1. The van der Waals surface area contributed by atoms with Gasteiger partial charge in [-0.3, -0.25) is 14.6 Å². The van der Waals surface area contributed by atoms with Crippen LogP contribution in [0.3, 0.4) is 0 Å². The minimum atomic E-state index is -4.59. The Morgan fingerprint density at radius 1 is 1.37 bits per heavy atom. The van der Waals surface area contributed by atoms with E-state index in [1.165, 1.54) is 6.07 Å². The summed E-state index contributed by atoms with van der Waals surface area (Å²) in [7, 11) is 0. The van der Waals surface area contributed by atoms with Gasteiger partial charge in [-0.15, -0.1) is 0 Å². The largest absolute Gasteiger partial charge is 0.466 e. The highest BCUT2D eigenvalue weighted by atomic mass is 19.4. The zero-order chi connectivity index (χ0) is 22.5. The predicted molar refractivity (Wildman–Crippen MR) is 109 cm³/mol. The lowest BCUT2D eigenvalue weighted by atomic mass is 9.66. The Morgan fingerprint density at radius 2 is 2.07 bits per heavy atom. The Morgan fingerprint density at radius 3 is 2.63 bits per heavy atom. The molecule has 0 saturated heterocycles. The lowest BCUT2D eigenvalue weighted by molar-refractivity contribution is -0.162. The van der Waals surface area contributed by atoms with Crippen molar-refractivity contribution in [3.8, 4) is 0 Å². The van der Waals surface area contributed by atoms with Crippen molar-refractivity contribution in [1.29, 1.82) is 0 Å². The van der Waals surface area contributed by atoms with Crippen LogP contribution in [0.15, 0.2) is 41.0 Å². The average Bonchev–Trinajstić information content (AvgIpc) is 2.64. The van der Waals surface area contributed by atoms with E-state index in [4.69, 9.17) is 10.5 Å². The molecule has 1 unspecified atom stereocenters. The van der Waals surface area contributed by atoms with Crippen molar-refractivity contribution >= 4 is 24.2 Å². The van der Waals surface area contributed by atoms with Crippen molar-refractivity contribution in [2.75, 3.05) is 6.61 Å². The number of aliphatic imine (C=N–C) groups is 1. The number of nitrogens with two attached hydrogens (primary N) is 1. The number of hydrogen-bond donors (Lipinski definition) is 1. The number of rotatable bonds is 7. The molecular weight excluding hydrogens is 397 g/mol. The van der Waals surface area contributed by atoms with E-state index >= 15 is 0 Å². The standard InChI is InChI=1S/C22H25F3N2O3/c1-4-30-19(28)12-21(13-22(23,24)25)10-9-15-11-16(6-7-17(15)20(21)29)18(27-3)8-5-14(2)26/h5-8,11H,3-4,9-10,12-13,26H2,1-2H3/b14-5+,18-8-. The van der Waals surface area contributed by atoms with Gasteiger partial charge in [-0.05, 0) is 57.2 Å². The van der Waals surface area contributed by atoms with Gasteiger partial charge in [0.05, 0.1) is 30.6 Å². The van der Waals surface area contributed by atoms with Crippen molar-refractivity contribution in [3.05, 3.63) is 52.7 Å². The topological polar surface area (TPSA) is 81.8 Å². The zero-order valence-corrected chi connectivity index (χ0v) is 17.0. The molecule has 1 aromatic carbocycles. The summed E-state index contributed by atoms with van der Waals surface area (Å²) in [5.74, 6) is -1.49. The van der Waals surface area contributed by atoms with Crippen LogP contribution in [0.1, 0.15) is 54.6 Å². The molecule has 1 atom stereocenters. The van der Waals surface area contributed by atoms with Crippen LogP contribution >= 0.6 is 0 Å². The third-order valence-electron chi connectivity index (χ3n) is 5.00. The lowest BCUT2D eigenvalue weighted by Crippen LogP contribution is -2.42. The number of hydrogen-bond acceptors (Lipinski definition) is 5. The molecule has 0 aromatic heterocycles. The van der Waals surface area contributed by atoms with Gasteiger partial charge in [0.2, 0.25) is 0 Å². The molecule has 1 aliphatic carbocycles. The fourth-order valence-corrected chi connectivity index (χ4v) is 3.68. The third-order valence-corrected chi connectivity index (χ3v) is 5.00. The molecule has 1 aromatic rings. The number of nitrogens with zero attached hydrogens (tertiary/aromatic N) is 1. The Labute approximate surface area is 173 Å². The molecule has 0 heterocycles.